The number of carbonyl (C=O) groups is 1. The number of nitrogens with zero attached hydrogens (tertiary/aromatic N) is 2. The Morgan fingerprint density at radius 2 is 2.29 bits per heavy atom. The second kappa shape index (κ2) is 5.32. The molecule has 0 saturated heterocycles. The summed E-state index contributed by atoms with van der Waals surface area (Å²) in [5.41, 5.74) is 8.97. The molecule has 1 aromatic carbocycles. The molecular weight excluding hydrogens is 266 g/mol. The van der Waals surface area contributed by atoms with Crippen molar-refractivity contribution in [1.29, 1.82) is 0 Å². The smallest absolute Gasteiger partial charge is 0.267 e. The van der Waals surface area contributed by atoms with E-state index in [-0.39, 0.29) is 5.91 Å². The highest BCUT2D eigenvalue weighted by atomic mass is 16.1. The predicted molar refractivity (Wildman–Crippen MR) is 82.0 cm³/mol. The Bertz CT molecular complexity index is 786. The van der Waals surface area contributed by atoms with Crippen molar-refractivity contribution in [2.75, 3.05) is 12.3 Å². The molecule has 1 amide bonds. The average Bonchev–Trinajstić information content (AvgIpc) is 3.04. The molecule has 0 aliphatic carbocycles. The Kier molecular flexibility index (Phi) is 3.35. The summed E-state index contributed by atoms with van der Waals surface area (Å²) in [4.78, 5) is 15.2. The number of nitrogens with two attached hydrogens (primary N) is 1. The highest BCUT2D eigenvalue weighted by Gasteiger charge is 2.09. The normalized spacial score (nSPS) is 10.9. The zero-order valence-electron chi connectivity index (χ0n) is 11.8. The van der Waals surface area contributed by atoms with Gasteiger partial charge in [-0.1, -0.05) is 0 Å². The topological polar surface area (TPSA) is 88.7 Å². The number of anilines is 1. The molecule has 0 radical (unpaired) electrons. The minimum Gasteiger partial charge on any atom is -0.399 e. The van der Waals surface area contributed by atoms with Crippen molar-refractivity contribution < 1.29 is 4.79 Å². The maximum Gasteiger partial charge on any atom is 0.267 e. The summed E-state index contributed by atoms with van der Waals surface area (Å²) < 4.78 is 1.75. The number of hydrogen-bond acceptors (Lipinski definition) is 3. The number of aromatic amines is 1. The van der Waals surface area contributed by atoms with E-state index in [1.165, 1.54) is 0 Å². The number of H-pyrrole nitrogens is 1. The van der Waals surface area contributed by atoms with E-state index in [0.29, 0.717) is 17.9 Å². The Labute approximate surface area is 121 Å². The van der Waals surface area contributed by atoms with Crippen molar-refractivity contribution in [3.63, 3.8) is 0 Å². The van der Waals surface area contributed by atoms with E-state index in [2.05, 4.69) is 15.4 Å². The van der Waals surface area contributed by atoms with Crippen LogP contribution in [0.2, 0.25) is 0 Å². The maximum atomic E-state index is 12.1. The maximum absolute atomic E-state index is 12.1. The van der Waals surface area contributed by atoms with E-state index in [1.54, 1.807) is 10.9 Å². The molecular formula is C15H17N5O. The predicted octanol–water partition coefficient (Wildman–Crippen LogP) is 1.46. The van der Waals surface area contributed by atoms with Crippen LogP contribution in [0.25, 0.3) is 10.9 Å². The lowest BCUT2D eigenvalue weighted by Crippen LogP contribution is -2.25. The quantitative estimate of drug-likeness (QED) is 0.633. The number of aryl methyl sites for hydroxylation is 1. The molecule has 0 fully saturated rings. The Morgan fingerprint density at radius 3 is 3.05 bits per heavy atom. The molecule has 6 heteroatoms. The summed E-state index contributed by atoms with van der Waals surface area (Å²) in [7, 11) is 1.87. The fourth-order valence-electron chi connectivity index (χ4n) is 2.29. The lowest BCUT2D eigenvalue weighted by atomic mass is 10.2. The number of carbonyl (C=O) groups excluding carboxylic acids is 1. The number of fused-ring (bicyclic) bond motifs is 1. The number of nitrogens with one attached hydrogen (secondary N) is 2. The van der Waals surface area contributed by atoms with Gasteiger partial charge >= 0.3 is 0 Å². The van der Waals surface area contributed by atoms with Gasteiger partial charge in [0.05, 0.1) is 6.20 Å². The van der Waals surface area contributed by atoms with Crippen LogP contribution in [0, 0.1) is 0 Å². The van der Waals surface area contributed by atoms with Gasteiger partial charge < -0.3 is 16.0 Å². The first-order chi connectivity index (χ1) is 10.1. The van der Waals surface area contributed by atoms with Gasteiger partial charge in [0.15, 0.2) is 0 Å². The number of aromatic nitrogens is 3. The average molecular weight is 283 g/mol. The first-order valence-corrected chi connectivity index (χ1v) is 6.76. The Balaban J connectivity index is 1.63. The molecule has 0 spiro atoms. The van der Waals surface area contributed by atoms with Crippen LogP contribution < -0.4 is 11.1 Å². The summed E-state index contributed by atoms with van der Waals surface area (Å²) in [5.74, 6) is -0.117. The van der Waals surface area contributed by atoms with Crippen molar-refractivity contribution in [3.8, 4) is 0 Å². The van der Waals surface area contributed by atoms with E-state index in [1.807, 2.05) is 37.5 Å². The lowest BCUT2D eigenvalue weighted by molar-refractivity contribution is 0.0950. The van der Waals surface area contributed by atoms with Crippen LogP contribution in [0.1, 0.15) is 16.1 Å². The van der Waals surface area contributed by atoms with Crippen LogP contribution in [0.3, 0.4) is 0 Å². The van der Waals surface area contributed by atoms with Gasteiger partial charge in [-0.3, -0.25) is 9.48 Å². The number of nitrogen functional groups attached to an aromatic ring is 1. The van der Waals surface area contributed by atoms with Gasteiger partial charge in [0.1, 0.15) is 5.69 Å². The van der Waals surface area contributed by atoms with E-state index in [0.717, 1.165) is 22.9 Å². The molecule has 6 nitrogen and oxygen atoms in total. The van der Waals surface area contributed by atoms with Crippen LogP contribution in [0.5, 0.6) is 0 Å². The molecule has 0 unspecified atom stereocenters. The van der Waals surface area contributed by atoms with E-state index < -0.39 is 0 Å². The lowest BCUT2D eigenvalue weighted by Gasteiger charge is -2.01. The largest absolute Gasteiger partial charge is 0.399 e. The minimum atomic E-state index is -0.117. The zero-order chi connectivity index (χ0) is 14.8. The second-order valence-electron chi connectivity index (χ2n) is 5.06. The summed E-state index contributed by atoms with van der Waals surface area (Å²) in [5, 5.41) is 7.93. The van der Waals surface area contributed by atoms with Gasteiger partial charge in [-0.2, -0.15) is 5.10 Å². The first kappa shape index (κ1) is 13.2. The van der Waals surface area contributed by atoms with E-state index in [9.17, 15) is 4.79 Å². The van der Waals surface area contributed by atoms with Gasteiger partial charge in [0, 0.05) is 36.4 Å². The molecule has 21 heavy (non-hydrogen) atoms. The molecule has 2 aromatic heterocycles. The molecule has 0 aliphatic rings. The summed E-state index contributed by atoms with van der Waals surface area (Å²) in [6, 6.07) is 7.34. The summed E-state index contributed by atoms with van der Waals surface area (Å²) in [6.45, 7) is 0.571. The number of amides is 1. The fraction of sp³-hybridized carbons (Fsp3) is 0.200. The molecule has 2 heterocycles. The standard InChI is InChI=1S/C15H17N5O/c1-20-9-10(8-18-20)4-5-17-15(21)14-7-11-6-12(16)2-3-13(11)19-14/h2-3,6-9,19H,4-5,16H2,1H3,(H,17,21). The third-order valence-electron chi connectivity index (χ3n) is 3.35. The highest BCUT2D eigenvalue weighted by Crippen LogP contribution is 2.18. The number of rotatable bonds is 4. The molecule has 4 N–H and O–H groups in total. The van der Waals surface area contributed by atoms with Gasteiger partial charge in [-0.15, -0.1) is 0 Å². The first-order valence-electron chi connectivity index (χ1n) is 6.76. The van der Waals surface area contributed by atoms with Crippen molar-refractivity contribution in [2.45, 2.75) is 6.42 Å². The molecule has 0 atom stereocenters. The van der Waals surface area contributed by atoms with Gasteiger partial charge in [-0.25, -0.2) is 0 Å². The van der Waals surface area contributed by atoms with E-state index >= 15 is 0 Å². The van der Waals surface area contributed by atoms with Crippen molar-refractivity contribution in [1.82, 2.24) is 20.1 Å². The highest BCUT2D eigenvalue weighted by molar-refractivity contribution is 5.98. The van der Waals surface area contributed by atoms with Gasteiger partial charge in [0.25, 0.3) is 5.91 Å². The van der Waals surface area contributed by atoms with Gasteiger partial charge in [-0.05, 0) is 36.2 Å². The summed E-state index contributed by atoms with van der Waals surface area (Å²) >= 11 is 0. The van der Waals surface area contributed by atoms with E-state index in [4.69, 9.17) is 5.73 Å². The second-order valence-corrected chi connectivity index (χ2v) is 5.06. The number of hydrogen-bond donors (Lipinski definition) is 3. The van der Waals surface area contributed by atoms with Crippen molar-refractivity contribution in [3.05, 3.63) is 47.9 Å². The molecule has 3 rings (SSSR count). The van der Waals surface area contributed by atoms with Crippen LogP contribution in [0.4, 0.5) is 5.69 Å². The van der Waals surface area contributed by atoms with Crippen LogP contribution in [-0.4, -0.2) is 27.2 Å². The third kappa shape index (κ3) is 2.89. The zero-order valence-corrected chi connectivity index (χ0v) is 11.8. The van der Waals surface area contributed by atoms with Crippen LogP contribution in [0.15, 0.2) is 36.7 Å². The molecule has 0 aliphatic heterocycles. The van der Waals surface area contributed by atoms with Gasteiger partial charge in [0.2, 0.25) is 0 Å². The SMILES string of the molecule is Cn1cc(CCNC(=O)c2cc3cc(N)ccc3[nH]2)cn1. The number of benzene rings is 1. The fourth-order valence-corrected chi connectivity index (χ4v) is 2.29. The Hall–Kier alpha value is -2.76. The molecule has 0 bridgehead atoms. The summed E-state index contributed by atoms with van der Waals surface area (Å²) in [6.07, 6.45) is 4.50. The molecule has 3 aromatic rings. The molecule has 0 saturated carbocycles. The van der Waals surface area contributed by atoms with Crippen LogP contribution in [-0.2, 0) is 13.5 Å². The Morgan fingerprint density at radius 1 is 1.43 bits per heavy atom. The van der Waals surface area contributed by atoms with Crippen molar-refractivity contribution in [2.24, 2.45) is 7.05 Å². The van der Waals surface area contributed by atoms with Crippen LogP contribution >= 0.6 is 0 Å². The third-order valence-corrected chi connectivity index (χ3v) is 3.35. The van der Waals surface area contributed by atoms with Crippen molar-refractivity contribution >= 4 is 22.5 Å². The minimum absolute atomic E-state index is 0.117. The molecule has 108 valence electrons. The monoisotopic (exact) mass is 283 g/mol.